The third-order valence-corrected chi connectivity index (χ3v) is 3.51. The van der Waals surface area contributed by atoms with Gasteiger partial charge in [0.25, 0.3) is 0 Å². The largest absolute Gasteiger partial charge is 0.355 e. The van der Waals surface area contributed by atoms with Gasteiger partial charge in [-0.2, -0.15) is 0 Å². The quantitative estimate of drug-likeness (QED) is 0.817. The normalized spacial score (nSPS) is 22.1. The summed E-state index contributed by atoms with van der Waals surface area (Å²) in [7, 11) is 0. The maximum atomic E-state index is 11.6. The Balaban J connectivity index is 1.84. The Labute approximate surface area is 93.9 Å². The van der Waals surface area contributed by atoms with Gasteiger partial charge in [0, 0.05) is 18.0 Å². The van der Waals surface area contributed by atoms with Crippen LogP contribution >= 0.6 is 11.3 Å². The lowest BCUT2D eigenvalue weighted by Crippen LogP contribution is -2.42. The highest BCUT2D eigenvalue weighted by Crippen LogP contribution is 2.10. The Morgan fingerprint density at radius 2 is 2.47 bits per heavy atom. The van der Waals surface area contributed by atoms with Gasteiger partial charge in [-0.05, 0) is 30.7 Å². The number of rotatable bonds is 3. The molecular formula is C11H16N2OS. The van der Waals surface area contributed by atoms with Crippen molar-refractivity contribution < 1.29 is 4.79 Å². The fourth-order valence-electron chi connectivity index (χ4n) is 1.77. The molecule has 1 unspecified atom stereocenters. The Morgan fingerprint density at radius 3 is 3.27 bits per heavy atom. The molecule has 15 heavy (non-hydrogen) atoms. The summed E-state index contributed by atoms with van der Waals surface area (Å²) in [5, 5.41) is 8.30. The van der Waals surface area contributed by atoms with E-state index in [4.69, 9.17) is 0 Å². The van der Waals surface area contributed by atoms with Gasteiger partial charge in [-0.1, -0.05) is 6.07 Å². The second-order valence-electron chi connectivity index (χ2n) is 3.80. The number of carbonyl (C=O) groups excluding carboxylic acids is 1. The molecule has 0 aromatic carbocycles. The number of hydrogen-bond donors (Lipinski definition) is 2. The van der Waals surface area contributed by atoms with Crippen molar-refractivity contribution in [3.63, 3.8) is 0 Å². The van der Waals surface area contributed by atoms with Crippen LogP contribution in [0.4, 0.5) is 0 Å². The molecule has 1 saturated heterocycles. The number of thiophene rings is 1. The molecule has 0 spiro atoms. The molecule has 2 rings (SSSR count). The maximum Gasteiger partial charge on any atom is 0.237 e. The summed E-state index contributed by atoms with van der Waals surface area (Å²) in [6.07, 6.45) is 3.18. The van der Waals surface area contributed by atoms with Crippen LogP contribution in [0.15, 0.2) is 17.5 Å². The van der Waals surface area contributed by atoms with Crippen LogP contribution < -0.4 is 10.6 Å². The van der Waals surface area contributed by atoms with Crippen LogP contribution in [-0.4, -0.2) is 18.5 Å². The minimum Gasteiger partial charge on any atom is -0.355 e. The second kappa shape index (κ2) is 5.28. The molecule has 1 fully saturated rings. The maximum absolute atomic E-state index is 11.6. The number of amides is 1. The van der Waals surface area contributed by atoms with Gasteiger partial charge in [0.1, 0.15) is 0 Å². The van der Waals surface area contributed by atoms with Gasteiger partial charge in [-0.3, -0.25) is 4.79 Å². The average molecular weight is 224 g/mol. The van der Waals surface area contributed by atoms with Gasteiger partial charge in [-0.15, -0.1) is 11.3 Å². The Hall–Kier alpha value is -0.870. The summed E-state index contributed by atoms with van der Waals surface area (Å²) < 4.78 is 0. The lowest BCUT2D eigenvalue weighted by atomic mass is 10.1. The molecule has 82 valence electrons. The molecule has 0 radical (unpaired) electrons. The van der Waals surface area contributed by atoms with Crippen LogP contribution in [0.2, 0.25) is 0 Å². The molecule has 0 aliphatic carbocycles. The van der Waals surface area contributed by atoms with E-state index in [1.165, 1.54) is 4.88 Å². The summed E-state index contributed by atoms with van der Waals surface area (Å²) >= 11 is 1.72. The van der Waals surface area contributed by atoms with Crippen LogP contribution in [-0.2, 0) is 11.3 Å². The van der Waals surface area contributed by atoms with E-state index in [1.54, 1.807) is 11.3 Å². The lowest BCUT2D eigenvalue weighted by Gasteiger charge is -2.14. The zero-order chi connectivity index (χ0) is 10.5. The highest BCUT2D eigenvalue weighted by molar-refractivity contribution is 7.09. The van der Waals surface area contributed by atoms with E-state index in [2.05, 4.69) is 22.1 Å². The van der Waals surface area contributed by atoms with Gasteiger partial charge in [0.05, 0.1) is 6.04 Å². The fourth-order valence-corrected chi connectivity index (χ4v) is 2.43. The molecule has 0 saturated carbocycles. The Morgan fingerprint density at radius 1 is 1.53 bits per heavy atom. The Kier molecular flexibility index (Phi) is 3.75. The van der Waals surface area contributed by atoms with Crippen molar-refractivity contribution in [1.82, 2.24) is 10.6 Å². The molecule has 3 nitrogen and oxygen atoms in total. The van der Waals surface area contributed by atoms with Crippen molar-refractivity contribution in [2.45, 2.75) is 31.8 Å². The second-order valence-corrected chi connectivity index (χ2v) is 4.83. The summed E-state index contributed by atoms with van der Waals surface area (Å²) in [4.78, 5) is 12.9. The topological polar surface area (TPSA) is 41.1 Å². The predicted molar refractivity (Wildman–Crippen MR) is 61.8 cm³/mol. The first-order valence-electron chi connectivity index (χ1n) is 5.40. The average Bonchev–Trinajstić information content (AvgIpc) is 2.67. The highest BCUT2D eigenvalue weighted by Gasteiger charge is 2.19. The smallest absolute Gasteiger partial charge is 0.237 e. The molecular weight excluding hydrogens is 208 g/mol. The third kappa shape index (κ3) is 3.04. The van der Waals surface area contributed by atoms with E-state index < -0.39 is 0 Å². The van der Waals surface area contributed by atoms with Crippen LogP contribution in [0, 0.1) is 0 Å². The number of carbonyl (C=O) groups is 1. The zero-order valence-electron chi connectivity index (χ0n) is 8.66. The van der Waals surface area contributed by atoms with Crippen LogP contribution in [0.5, 0.6) is 0 Å². The van der Waals surface area contributed by atoms with Crippen molar-refractivity contribution in [2.24, 2.45) is 0 Å². The predicted octanol–water partition coefficient (Wildman–Crippen LogP) is 1.51. The monoisotopic (exact) mass is 224 g/mol. The number of nitrogens with one attached hydrogen (secondary N) is 2. The molecule has 1 aliphatic rings. The van der Waals surface area contributed by atoms with Crippen molar-refractivity contribution in [3.8, 4) is 0 Å². The molecule has 2 N–H and O–H groups in total. The molecule has 1 atom stereocenters. The van der Waals surface area contributed by atoms with Gasteiger partial charge >= 0.3 is 0 Å². The molecule has 1 aromatic heterocycles. The summed E-state index contributed by atoms with van der Waals surface area (Å²) in [5.41, 5.74) is 0. The van der Waals surface area contributed by atoms with E-state index >= 15 is 0 Å². The Bertz CT molecular complexity index is 310. The van der Waals surface area contributed by atoms with E-state index in [1.807, 2.05) is 6.07 Å². The lowest BCUT2D eigenvalue weighted by molar-refractivity contribution is -0.122. The molecule has 4 heteroatoms. The SMILES string of the molecule is O=C1NCCCCC1NCc1cccs1. The van der Waals surface area contributed by atoms with Crippen molar-refractivity contribution in [3.05, 3.63) is 22.4 Å². The van der Waals surface area contributed by atoms with E-state index in [0.717, 1.165) is 32.4 Å². The van der Waals surface area contributed by atoms with Crippen LogP contribution in [0.3, 0.4) is 0 Å². The molecule has 2 heterocycles. The van der Waals surface area contributed by atoms with E-state index in [0.29, 0.717) is 0 Å². The van der Waals surface area contributed by atoms with Crippen molar-refractivity contribution >= 4 is 17.2 Å². The van der Waals surface area contributed by atoms with Crippen LogP contribution in [0.25, 0.3) is 0 Å². The van der Waals surface area contributed by atoms with Gasteiger partial charge in [-0.25, -0.2) is 0 Å². The van der Waals surface area contributed by atoms with E-state index in [9.17, 15) is 4.79 Å². The first kappa shape index (κ1) is 10.6. The number of hydrogen-bond acceptors (Lipinski definition) is 3. The third-order valence-electron chi connectivity index (χ3n) is 2.64. The standard InChI is InChI=1S/C11H16N2OS/c14-11-10(5-1-2-6-12-11)13-8-9-4-3-7-15-9/h3-4,7,10,13H,1-2,5-6,8H2,(H,12,14). The molecule has 0 bridgehead atoms. The van der Waals surface area contributed by atoms with Crippen molar-refractivity contribution in [2.75, 3.05) is 6.54 Å². The summed E-state index contributed by atoms with van der Waals surface area (Å²) in [5.74, 6) is 0.157. The van der Waals surface area contributed by atoms with Gasteiger partial charge < -0.3 is 10.6 Å². The first-order valence-corrected chi connectivity index (χ1v) is 6.28. The first-order chi connectivity index (χ1) is 7.36. The molecule has 1 aromatic rings. The zero-order valence-corrected chi connectivity index (χ0v) is 9.48. The van der Waals surface area contributed by atoms with Gasteiger partial charge in [0.2, 0.25) is 5.91 Å². The molecule has 1 aliphatic heterocycles. The van der Waals surface area contributed by atoms with E-state index in [-0.39, 0.29) is 11.9 Å². The minimum atomic E-state index is -0.00500. The van der Waals surface area contributed by atoms with Crippen LogP contribution in [0.1, 0.15) is 24.1 Å². The van der Waals surface area contributed by atoms with Crippen molar-refractivity contribution in [1.29, 1.82) is 0 Å². The minimum absolute atomic E-state index is 0.00500. The summed E-state index contributed by atoms with van der Waals surface area (Å²) in [6, 6.07) is 4.12. The summed E-state index contributed by atoms with van der Waals surface area (Å²) in [6.45, 7) is 1.63. The molecule has 1 amide bonds. The highest BCUT2D eigenvalue weighted by atomic mass is 32.1. The van der Waals surface area contributed by atoms with Gasteiger partial charge in [0.15, 0.2) is 0 Å². The fraction of sp³-hybridized carbons (Fsp3) is 0.545.